The fraction of sp³-hybridized carbons (Fsp3) is 0.562. The largest absolute Gasteiger partial charge is 0.416 e. The number of benzene rings is 1. The Hall–Kier alpha value is -1.52. The Bertz CT molecular complexity index is 440. The zero-order chi connectivity index (χ0) is 15.9. The fourth-order valence-electron chi connectivity index (χ4n) is 2.19. The van der Waals surface area contributed by atoms with Gasteiger partial charge in [0.05, 0.1) is 5.56 Å². The van der Waals surface area contributed by atoms with Gasteiger partial charge < -0.3 is 5.32 Å². The first-order chi connectivity index (χ1) is 9.82. The molecule has 0 aromatic heterocycles. The molecule has 1 aromatic rings. The molecule has 2 nitrogen and oxygen atoms in total. The Kier molecular flexibility index (Phi) is 6.72. The summed E-state index contributed by atoms with van der Waals surface area (Å²) in [5.41, 5.74) is 0.133. The molecule has 0 fully saturated rings. The van der Waals surface area contributed by atoms with E-state index in [1.165, 1.54) is 12.1 Å². The Morgan fingerprint density at radius 2 is 1.86 bits per heavy atom. The zero-order valence-electron chi connectivity index (χ0n) is 12.5. The Labute approximate surface area is 123 Å². The number of carbonyl (C=O) groups is 1. The van der Waals surface area contributed by atoms with Gasteiger partial charge in [0.25, 0.3) is 0 Å². The molecular formula is C16H22F3NO. The lowest BCUT2D eigenvalue weighted by Crippen LogP contribution is -2.27. The van der Waals surface area contributed by atoms with E-state index in [2.05, 4.69) is 12.2 Å². The van der Waals surface area contributed by atoms with Crippen molar-refractivity contribution in [2.24, 2.45) is 5.92 Å². The summed E-state index contributed by atoms with van der Waals surface area (Å²) in [7, 11) is 0. The van der Waals surface area contributed by atoms with Gasteiger partial charge in [0.2, 0.25) is 5.91 Å². The van der Waals surface area contributed by atoms with Crippen LogP contribution in [0.2, 0.25) is 0 Å². The van der Waals surface area contributed by atoms with Crippen LogP contribution in [0.3, 0.4) is 0 Å². The molecule has 1 unspecified atom stereocenters. The van der Waals surface area contributed by atoms with E-state index < -0.39 is 11.7 Å². The van der Waals surface area contributed by atoms with Gasteiger partial charge in [0.1, 0.15) is 0 Å². The van der Waals surface area contributed by atoms with Crippen LogP contribution >= 0.6 is 0 Å². The summed E-state index contributed by atoms with van der Waals surface area (Å²) in [6.07, 6.45) is -1.19. The van der Waals surface area contributed by atoms with E-state index in [-0.39, 0.29) is 5.91 Å². The topological polar surface area (TPSA) is 29.1 Å². The van der Waals surface area contributed by atoms with Crippen molar-refractivity contribution in [2.45, 2.75) is 45.7 Å². The molecule has 0 aliphatic carbocycles. The number of amides is 1. The van der Waals surface area contributed by atoms with E-state index in [9.17, 15) is 18.0 Å². The minimum absolute atomic E-state index is 0.00265. The normalized spacial score (nSPS) is 13.0. The van der Waals surface area contributed by atoms with Crippen LogP contribution in [-0.2, 0) is 17.4 Å². The predicted molar refractivity (Wildman–Crippen MR) is 76.8 cm³/mol. The first-order valence-corrected chi connectivity index (χ1v) is 7.25. The van der Waals surface area contributed by atoms with E-state index in [1.54, 1.807) is 0 Å². The number of carbonyl (C=O) groups excluding carboxylic acids is 1. The number of halogens is 3. The molecule has 1 aromatic carbocycles. The van der Waals surface area contributed by atoms with Crippen molar-refractivity contribution < 1.29 is 18.0 Å². The highest BCUT2D eigenvalue weighted by Gasteiger charge is 2.29. The van der Waals surface area contributed by atoms with Crippen LogP contribution in [0.25, 0.3) is 0 Å². The van der Waals surface area contributed by atoms with Crippen molar-refractivity contribution in [1.29, 1.82) is 0 Å². The quantitative estimate of drug-likeness (QED) is 0.804. The summed E-state index contributed by atoms with van der Waals surface area (Å²) >= 11 is 0. The maximum absolute atomic E-state index is 12.4. The molecule has 0 aliphatic rings. The molecule has 5 heteroatoms. The number of rotatable bonds is 7. The van der Waals surface area contributed by atoms with Gasteiger partial charge in [-0.15, -0.1) is 0 Å². The molecule has 0 heterocycles. The van der Waals surface area contributed by atoms with Gasteiger partial charge >= 0.3 is 6.18 Å². The zero-order valence-corrected chi connectivity index (χ0v) is 12.5. The molecule has 1 amide bonds. The maximum atomic E-state index is 12.4. The third-order valence-electron chi connectivity index (χ3n) is 3.33. The highest BCUT2D eigenvalue weighted by atomic mass is 19.4. The summed E-state index contributed by atoms with van der Waals surface area (Å²) in [5, 5.41) is 2.80. The summed E-state index contributed by atoms with van der Waals surface area (Å²) in [5.74, 6) is 0.365. The number of nitrogens with one attached hydrogen (secondary N) is 1. The van der Waals surface area contributed by atoms with E-state index >= 15 is 0 Å². The van der Waals surface area contributed by atoms with Gasteiger partial charge in [-0.1, -0.05) is 38.8 Å². The molecule has 0 saturated carbocycles. The van der Waals surface area contributed by atoms with Crippen molar-refractivity contribution in [2.75, 3.05) is 6.54 Å². The average Bonchev–Trinajstić information content (AvgIpc) is 2.38. The van der Waals surface area contributed by atoms with E-state index in [0.29, 0.717) is 25.3 Å². The molecule has 0 saturated heterocycles. The van der Waals surface area contributed by atoms with Crippen molar-refractivity contribution in [3.05, 3.63) is 35.4 Å². The monoisotopic (exact) mass is 301 g/mol. The van der Waals surface area contributed by atoms with Crippen LogP contribution < -0.4 is 5.32 Å². The second-order valence-corrected chi connectivity index (χ2v) is 5.39. The van der Waals surface area contributed by atoms with Crippen LogP contribution in [-0.4, -0.2) is 12.5 Å². The average molecular weight is 301 g/mol. The Morgan fingerprint density at radius 3 is 2.38 bits per heavy atom. The lowest BCUT2D eigenvalue weighted by Gasteiger charge is -2.11. The van der Waals surface area contributed by atoms with Crippen LogP contribution in [0, 0.1) is 5.92 Å². The molecule has 118 valence electrons. The lowest BCUT2D eigenvalue weighted by atomic mass is 10.0. The van der Waals surface area contributed by atoms with Crippen molar-refractivity contribution >= 4 is 5.91 Å². The van der Waals surface area contributed by atoms with Gasteiger partial charge in [-0.3, -0.25) is 4.79 Å². The molecule has 1 atom stereocenters. The van der Waals surface area contributed by atoms with E-state index in [0.717, 1.165) is 30.5 Å². The third-order valence-corrected chi connectivity index (χ3v) is 3.33. The highest BCUT2D eigenvalue weighted by Crippen LogP contribution is 2.29. The summed E-state index contributed by atoms with van der Waals surface area (Å²) in [6, 6.07) is 5.05. The van der Waals surface area contributed by atoms with Crippen molar-refractivity contribution in [3.8, 4) is 0 Å². The van der Waals surface area contributed by atoms with Crippen LogP contribution in [0.4, 0.5) is 13.2 Å². The van der Waals surface area contributed by atoms with E-state index in [4.69, 9.17) is 0 Å². The minimum atomic E-state index is -4.30. The second kappa shape index (κ2) is 8.05. The van der Waals surface area contributed by atoms with Crippen molar-refractivity contribution in [3.63, 3.8) is 0 Å². The number of hydrogen-bond donors (Lipinski definition) is 1. The second-order valence-electron chi connectivity index (χ2n) is 5.39. The lowest BCUT2D eigenvalue weighted by molar-refractivity contribution is -0.137. The molecular weight excluding hydrogens is 279 g/mol. The SMILES string of the molecule is CCCC(C)CC(=O)NCCc1ccc(C(F)(F)F)cc1. The Morgan fingerprint density at radius 1 is 1.24 bits per heavy atom. The van der Waals surface area contributed by atoms with Crippen LogP contribution in [0.15, 0.2) is 24.3 Å². The molecule has 0 bridgehead atoms. The highest BCUT2D eigenvalue weighted by molar-refractivity contribution is 5.76. The number of alkyl halides is 3. The van der Waals surface area contributed by atoms with Gasteiger partial charge in [0.15, 0.2) is 0 Å². The molecule has 1 rings (SSSR count). The molecule has 21 heavy (non-hydrogen) atoms. The minimum Gasteiger partial charge on any atom is -0.356 e. The molecule has 0 aliphatic heterocycles. The summed E-state index contributed by atoms with van der Waals surface area (Å²) in [4.78, 5) is 11.6. The Balaban J connectivity index is 2.34. The van der Waals surface area contributed by atoms with Crippen molar-refractivity contribution in [1.82, 2.24) is 5.32 Å². The maximum Gasteiger partial charge on any atom is 0.416 e. The van der Waals surface area contributed by atoms with Crippen LogP contribution in [0.1, 0.15) is 44.2 Å². The van der Waals surface area contributed by atoms with Gasteiger partial charge in [-0.25, -0.2) is 0 Å². The van der Waals surface area contributed by atoms with Gasteiger partial charge in [0, 0.05) is 13.0 Å². The first-order valence-electron chi connectivity index (χ1n) is 7.25. The fourth-order valence-corrected chi connectivity index (χ4v) is 2.19. The van der Waals surface area contributed by atoms with Gasteiger partial charge in [-0.05, 0) is 30.0 Å². The van der Waals surface area contributed by atoms with Gasteiger partial charge in [-0.2, -0.15) is 13.2 Å². The number of hydrogen-bond acceptors (Lipinski definition) is 1. The molecule has 0 spiro atoms. The smallest absolute Gasteiger partial charge is 0.356 e. The standard InChI is InChI=1S/C16H22F3NO/c1-3-4-12(2)11-15(21)20-10-9-13-5-7-14(8-6-13)16(17,18)19/h5-8,12H,3-4,9-11H2,1-2H3,(H,20,21). The summed E-state index contributed by atoms with van der Waals surface area (Å²) in [6.45, 7) is 4.57. The van der Waals surface area contributed by atoms with Crippen LogP contribution in [0.5, 0.6) is 0 Å². The first kappa shape index (κ1) is 17.5. The molecule has 1 N–H and O–H groups in total. The predicted octanol–water partition coefficient (Wildman–Crippen LogP) is 4.19. The van der Waals surface area contributed by atoms with E-state index in [1.807, 2.05) is 6.92 Å². The summed E-state index contributed by atoms with van der Waals surface area (Å²) < 4.78 is 37.2. The molecule has 0 radical (unpaired) electrons. The third kappa shape index (κ3) is 6.65.